The Morgan fingerprint density at radius 2 is 2.06 bits per heavy atom. The summed E-state index contributed by atoms with van der Waals surface area (Å²) >= 11 is 6.03. The number of pyridine rings is 1. The number of rotatable bonds is 2. The molecule has 2 aromatic rings. The Morgan fingerprint density at radius 3 is 2.76 bits per heavy atom. The van der Waals surface area contributed by atoms with E-state index < -0.39 is 0 Å². The molecule has 0 unspecified atom stereocenters. The SMILES string of the molecule is Cc1cn(Cc2ccccc2Cl)c(=O)cc1O. The molecule has 0 aliphatic heterocycles. The van der Waals surface area contributed by atoms with Crippen molar-refractivity contribution in [2.75, 3.05) is 0 Å². The monoisotopic (exact) mass is 249 g/mol. The summed E-state index contributed by atoms with van der Waals surface area (Å²) in [5.74, 6) is 0.0189. The minimum absolute atomic E-state index is 0.0189. The molecule has 1 heterocycles. The molecule has 17 heavy (non-hydrogen) atoms. The van der Waals surface area contributed by atoms with Crippen LogP contribution in [0.15, 0.2) is 41.3 Å². The van der Waals surface area contributed by atoms with Gasteiger partial charge in [-0.1, -0.05) is 29.8 Å². The van der Waals surface area contributed by atoms with Crippen molar-refractivity contribution >= 4 is 11.6 Å². The van der Waals surface area contributed by atoms with Gasteiger partial charge in [-0.05, 0) is 18.6 Å². The van der Waals surface area contributed by atoms with Gasteiger partial charge in [0, 0.05) is 22.8 Å². The average molecular weight is 250 g/mol. The molecule has 1 N–H and O–H groups in total. The Hall–Kier alpha value is -1.74. The second kappa shape index (κ2) is 4.63. The summed E-state index contributed by atoms with van der Waals surface area (Å²) in [5.41, 5.74) is 1.30. The fraction of sp³-hybridized carbons (Fsp3) is 0.154. The first kappa shape index (κ1) is 11.7. The summed E-state index contributed by atoms with van der Waals surface area (Å²) in [4.78, 5) is 11.7. The zero-order chi connectivity index (χ0) is 12.4. The maximum atomic E-state index is 11.7. The minimum atomic E-state index is -0.243. The molecule has 0 fully saturated rings. The second-order valence-corrected chi connectivity index (χ2v) is 4.31. The molecule has 3 nitrogen and oxygen atoms in total. The van der Waals surface area contributed by atoms with Crippen molar-refractivity contribution < 1.29 is 5.11 Å². The van der Waals surface area contributed by atoms with E-state index in [4.69, 9.17) is 11.6 Å². The van der Waals surface area contributed by atoms with Crippen molar-refractivity contribution in [3.05, 3.63) is 63.0 Å². The van der Waals surface area contributed by atoms with E-state index in [0.29, 0.717) is 17.1 Å². The van der Waals surface area contributed by atoms with Crippen LogP contribution in [0, 0.1) is 6.92 Å². The molecule has 0 bridgehead atoms. The fourth-order valence-corrected chi connectivity index (χ4v) is 1.81. The molecule has 0 saturated heterocycles. The number of nitrogens with zero attached hydrogens (tertiary/aromatic N) is 1. The third-order valence-electron chi connectivity index (χ3n) is 2.60. The summed E-state index contributed by atoms with van der Waals surface area (Å²) in [5, 5.41) is 10.0. The van der Waals surface area contributed by atoms with Gasteiger partial charge in [-0.15, -0.1) is 0 Å². The van der Waals surface area contributed by atoms with Gasteiger partial charge in [0.1, 0.15) is 5.75 Å². The van der Waals surface area contributed by atoms with E-state index in [9.17, 15) is 9.90 Å². The Labute approximate surface area is 104 Å². The number of benzene rings is 1. The van der Waals surface area contributed by atoms with Crippen molar-refractivity contribution in [3.63, 3.8) is 0 Å². The first-order valence-corrected chi connectivity index (χ1v) is 5.59. The lowest BCUT2D eigenvalue weighted by Crippen LogP contribution is -2.19. The van der Waals surface area contributed by atoms with E-state index in [2.05, 4.69) is 0 Å². The van der Waals surface area contributed by atoms with Crippen LogP contribution in [0.1, 0.15) is 11.1 Å². The number of aryl methyl sites for hydroxylation is 1. The second-order valence-electron chi connectivity index (χ2n) is 3.90. The number of aromatic nitrogens is 1. The highest BCUT2D eigenvalue weighted by Gasteiger charge is 2.04. The number of halogens is 1. The van der Waals surface area contributed by atoms with Crippen LogP contribution in [-0.2, 0) is 6.54 Å². The van der Waals surface area contributed by atoms with Gasteiger partial charge in [0.2, 0.25) is 0 Å². The van der Waals surface area contributed by atoms with Crippen molar-refractivity contribution in [3.8, 4) is 5.75 Å². The fourth-order valence-electron chi connectivity index (χ4n) is 1.61. The molecule has 4 heteroatoms. The predicted molar refractivity (Wildman–Crippen MR) is 67.7 cm³/mol. The lowest BCUT2D eigenvalue weighted by Gasteiger charge is -2.09. The topological polar surface area (TPSA) is 42.2 Å². The number of hydrogen-bond donors (Lipinski definition) is 1. The van der Waals surface area contributed by atoms with E-state index in [0.717, 1.165) is 5.56 Å². The molecule has 2 rings (SSSR count). The molecule has 88 valence electrons. The predicted octanol–water partition coefficient (Wildman–Crippen LogP) is 2.56. The summed E-state index contributed by atoms with van der Waals surface area (Å²) in [6, 6.07) is 8.59. The third-order valence-corrected chi connectivity index (χ3v) is 2.96. The molecule has 0 spiro atoms. The van der Waals surface area contributed by atoms with Gasteiger partial charge in [-0.3, -0.25) is 4.79 Å². The van der Waals surface area contributed by atoms with E-state index in [1.165, 1.54) is 10.6 Å². The molecule has 0 atom stereocenters. The van der Waals surface area contributed by atoms with E-state index >= 15 is 0 Å². The lowest BCUT2D eigenvalue weighted by molar-refractivity contribution is 0.466. The van der Waals surface area contributed by atoms with Crippen LogP contribution in [0.25, 0.3) is 0 Å². The van der Waals surface area contributed by atoms with Crippen LogP contribution >= 0.6 is 11.6 Å². The van der Waals surface area contributed by atoms with Crippen LogP contribution < -0.4 is 5.56 Å². The molecule has 0 aliphatic carbocycles. The van der Waals surface area contributed by atoms with Gasteiger partial charge in [0.05, 0.1) is 6.54 Å². The number of hydrogen-bond acceptors (Lipinski definition) is 2. The Balaban J connectivity index is 2.41. The molecular formula is C13H12ClNO2. The maximum Gasteiger partial charge on any atom is 0.254 e. The molecule has 0 radical (unpaired) electrons. The molecular weight excluding hydrogens is 238 g/mol. The first-order chi connectivity index (χ1) is 8.08. The molecule has 0 amide bonds. The van der Waals surface area contributed by atoms with E-state index in [-0.39, 0.29) is 11.3 Å². The number of aromatic hydroxyl groups is 1. The summed E-state index contributed by atoms with van der Waals surface area (Å²) in [6.07, 6.45) is 1.63. The summed E-state index contributed by atoms with van der Waals surface area (Å²) in [7, 11) is 0. The van der Waals surface area contributed by atoms with Gasteiger partial charge >= 0.3 is 0 Å². The Bertz CT molecular complexity index is 605. The molecule has 0 aliphatic rings. The van der Waals surface area contributed by atoms with Crippen LogP contribution in [0.4, 0.5) is 0 Å². The highest BCUT2D eigenvalue weighted by atomic mass is 35.5. The average Bonchev–Trinajstić information content (AvgIpc) is 2.29. The van der Waals surface area contributed by atoms with E-state index in [1.807, 2.05) is 18.2 Å². The molecule has 0 saturated carbocycles. The highest BCUT2D eigenvalue weighted by molar-refractivity contribution is 6.31. The quantitative estimate of drug-likeness (QED) is 0.889. The molecule has 1 aromatic carbocycles. The first-order valence-electron chi connectivity index (χ1n) is 5.21. The largest absolute Gasteiger partial charge is 0.507 e. The van der Waals surface area contributed by atoms with Crippen LogP contribution in [0.5, 0.6) is 5.75 Å². The summed E-state index contributed by atoms with van der Waals surface area (Å²) < 4.78 is 1.52. The summed E-state index contributed by atoms with van der Waals surface area (Å²) in [6.45, 7) is 2.15. The maximum absolute atomic E-state index is 11.7. The highest BCUT2D eigenvalue weighted by Crippen LogP contribution is 2.17. The standard InChI is InChI=1S/C13H12ClNO2/c1-9-7-15(13(17)6-12(9)16)8-10-4-2-3-5-11(10)14/h2-7,16H,8H2,1H3. The zero-order valence-electron chi connectivity index (χ0n) is 9.35. The van der Waals surface area contributed by atoms with Crippen molar-refractivity contribution in [1.29, 1.82) is 0 Å². The van der Waals surface area contributed by atoms with Crippen molar-refractivity contribution in [2.24, 2.45) is 0 Å². The lowest BCUT2D eigenvalue weighted by atomic mass is 10.2. The van der Waals surface area contributed by atoms with Gasteiger partial charge < -0.3 is 9.67 Å². The van der Waals surface area contributed by atoms with Crippen LogP contribution in [-0.4, -0.2) is 9.67 Å². The normalized spacial score (nSPS) is 10.5. The van der Waals surface area contributed by atoms with Crippen LogP contribution in [0.2, 0.25) is 5.02 Å². The van der Waals surface area contributed by atoms with Gasteiger partial charge in [0.25, 0.3) is 5.56 Å². The smallest absolute Gasteiger partial charge is 0.254 e. The third kappa shape index (κ3) is 2.50. The van der Waals surface area contributed by atoms with Crippen molar-refractivity contribution in [1.82, 2.24) is 4.57 Å². The zero-order valence-corrected chi connectivity index (χ0v) is 10.1. The van der Waals surface area contributed by atoms with E-state index in [1.54, 1.807) is 19.2 Å². The van der Waals surface area contributed by atoms with Gasteiger partial charge in [0.15, 0.2) is 0 Å². The Kier molecular flexibility index (Phi) is 3.20. The van der Waals surface area contributed by atoms with Crippen molar-refractivity contribution in [2.45, 2.75) is 13.5 Å². The van der Waals surface area contributed by atoms with Gasteiger partial charge in [-0.25, -0.2) is 0 Å². The van der Waals surface area contributed by atoms with Gasteiger partial charge in [-0.2, -0.15) is 0 Å². The minimum Gasteiger partial charge on any atom is -0.507 e. The molecule has 1 aromatic heterocycles. The Morgan fingerprint density at radius 1 is 1.35 bits per heavy atom. The van der Waals surface area contributed by atoms with Crippen LogP contribution in [0.3, 0.4) is 0 Å².